The van der Waals surface area contributed by atoms with Gasteiger partial charge in [-0.2, -0.15) is 0 Å². The number of carbonyl (C=O) groups excluding carboxylic acids is 2. The average molecular weight is 1160 g/mol. The number of amides is 2. The highest BCUT2D eigenvalue weighted by molar-refractivity contribution is 7.90. The first kappa shape index (κ1) is 56.5. The molecule has 4 aliphatic carbocycles. The van der Waals surface area contributed by atoms with Crippen molar-refractivity contribution in [3.8, 4) is 0 Å². The number of nitrogens with zero attached hydrogens (tertiary/aromatic N) is 4. The molecule has 0 bridgehead atoms. The monoisotopic (exact) mass is 1160 g/mol. The van der Waals surface area contributed by atoms with Gasteiger partial charge in [-0.15, -0.1) is 0 Å². The lowest BCUT2D eigenvalue weighted by molar-refractivity contribution is -0.154. The number of hydrogen-bond donors (Lipinski definition) is 2. The Morgan fingerprint density at radius 2 is 0.895 bits per heavy atom. The molecule has 0 radical (unpaired) electrons. The van der Waals surface area contributed by atoms with Gasteiger partial charge in [-0.25, -0.2) is 25.4 Å². The standard InChI is InChI=1S/2C28H32Cl2N2O5S/c2*1-3-21(16-31(2)38(36,37)22-11-12-22)32-25(17-7-9-19(29)10-8-17)23(18-5-4-6-20(30)13-18)14-28(27(32)35)15-24(28)26(33)34/h2*4-10,13,21-25H,3,11-12,14-16H2,1-2H3,(H,33,34)/t21?,23-,24+,25?,28+;21?,23-,24-,25?,28+/m11/s1. The summed E-state index contributed by atoms with van der Waals surface area (Å²) in [6.45, 7) is 4.15. The highest BCUT2D eigenvalue weighted by Crippen LogP contribution is 2.66. The molecule has 2 aliphatic heterocycles. The van der Waals surface area contributed by atoms with Crippen molar-refractivity contribution in [3.05, 3.63) is 139 Å². The Bertz CT molecular complexity index is 2900. The highest BCUT2D eigenvalue weighted by atomic mass is 35.5. The van der Waals surface area contributed by atoms with E-state index in [0.29, 0.717) is 71.5 Å². The molecule has 76 heavy (non-hydrogen) atoms. The number of halogens is 4. The SMILES string of the molecule is CCC(CN(C)S(=O)(=O)C1CC1)N1C(=O)[C@@]2(C[C@H](c3cccc(Cl)c3)C1c1ccc(Cl)cc1)C[C@@H]2C(=O)O.CCC(CN(C)S(=O)(=O)C1CC1)N1C(=O)[C@@]2(C[C@H](c3cccc(Cl)c3)C1c1ccc(Cl)cc1)C[C@H]2C(=O)O. The number of carbonyl (C=O) groups is 4. The molecule has 10 atom stereocenters. The molecule has 4 aromatic rings. The Morgan fingerprint density at radius 1 is 0.553 bits per heavy atom. The topological polar surface area (TPSA) is 190 Å². The van der Waals surface area contributed by atoms with Crippen LogP contribution >= 0.6 is 46.4 Å². The summed E-state index contributed by atoms with van der Waals surface area (Å²) in [5.41, 5.74) is 1.51. The van der Waals surface area contributed by atoms with Gasteiger partial charge in [0.2, 0.25) is 31.9 Å². The summed E-state index contributed by atoms with van der Waals surface area (Å²) < 4.78 is 54.8. The third-order valence-electron chi connectivity index (χ3n) is 17.0. The number of rotatable bonds is 18. The van der Waals surface area contributed by atoms with Gasteiger partial charge < -0.3 is 20.0 Å². The van der Waals surface area contributed by atoms with Crippen molar-refractivity contribution < 1.29 is 46.2 Å². The Balaban J connectivity index is 0.000000186. The highest BCUT2D eigenvalue weighted by Gasteiger charge is 2.70. The van der Waals surface area contributed by atoms with Crippen molar-refractivity contribution in [2.24, 2.45) is 22.7 Å². The zero-order valence-corrected chi connectivity index (χ0v) is 47.4. The van der Waals surface area contributed by atoms with Crippen LogP contribution in [0.2, 0.25) is 20.1 Å². The van der Waals surface area contributed by atoms with E-state index in [9.17, 15) is 46.2 Å². The molecule has 4 aromatic carbocycles. The fourth-order valence-electron chi connectivity index (χ4n) is 12.4. The van der Waals surface area contributed by atoms with E-state index in [1.807, 2.05) is 74.5 Å². The van der Waals surface area contributed by atoms with E-state index >= 15 is 0 Å². The van der Waals surface area contributed by atoms with Gasteiger partial charge in [-0.1, -0.05) is 109 Å². The van der Waals surface area contributed by atoms with E-state index in [1.54, 1.807) is 60.3 Å². The largest absolute Gasteiger partial charge is 0.481 e. The van der Waals surface area contributed by atoms with Gasteiger partial charge in [0.25, 0.3) is 0 Å². The van der Waals surface area contributed by atoms with Gasteiger partial charge in [0.05, 0.1) is 45.2 Å². The minimum atomic E-state index is -3.46. The van der Waals surface area contributed by atoms with Gasteiger partial charge >= 0.3 is 11.9 Å². The van der Waals surface area contributed by atoms with Crippen molar-refractivity contribution >= 4 is 90.2 Å². The van der Waals surface area contributed by atoms with Crippen LogP contribution in [0.1, 0.15) is 124 Å². The molecule has 2 N–H and O–H groups in total. The first-order valence-corrected chi connectivity index (χ1v) is 30.5. The Labute approximate surface area is 465 Å². The number of carboxylic acid groups (broad SMARTS) is 2. The summed E-state index contributed by atoms with van der Waals surface area (Å²) in [5.74, 6) is -4.40. The Kier molecular flexibility index (Phi) is 16.2. The third-order valence-corrected chi connectivity index (χ3v) is 22.6. The normalized spacial score (nSPS) is 28.1. The fraction of sp³-hybridized carbons (Fsp3) is 0.500. The molecule has 10 rings (SSSR count). The first-order chi connectivity index (χ1) is 36.0. The van der Waals surface area contributed by atoms with E-state index in [2.05, 4.69) is 0 Å². The van der Waals surface area contributed by atoms with Crippen molar-refractivity contribution in [1.82, 2.24) is 18.4 Å². The number of likely N-dealkylation sites (N-methyl/N-ethyl adjacent to an activating group) is 2. The van der Waals surface area contributed by atoms with E-state index in [0.717, 1.165) is 22.3 Å². The zero-order valence-electron chi connectivity index (χ0n) is 42.8. The number of aliphatic carboxylic acids is 2. The van der Waals surface area contributed by atoms with Crippen molar-refractivity contribution in [1.29, 1.82) is 0 Å². The Hall–Kier alpha value is -4.26. The minimum absolute atomic E-state index is 0.140. The molecule has 4 saturated carbocycles. The molecule has 2 spiro atoms. The second kappa shape index (κ2) is 21.8. The molecule has 0 aromatic heterocycles. The lowest BCUT2D eigenvalue weighted by Crippen LogP contribution is -2.56. The first-order valence-electron chi connectivity index (χ1n) is 26.0. The third kappa shape index (κ3) is 10.9. The van der Waals surface area contributed by atoms with Crippen LogP contribution in [0, 0.1) is 22.7 Å². The molecule has 6 aliphatic rings. The van der Waals surface area contributed by atoms with Gasteiger partial charge in [0, 0.05) is 71.2 Å². The summed E-state index contributed by atoms with van der Waals surface area (Å²) in [7, 11) is -3.77. The quantitative estimate of drug-likeness (QED) is 0.0970. The molecular weight excluding hydrogens is 1090 g/mol. The van der Waals surface area contributed by atoms with Gasteiger partial charge in [0.15, 0.2) is 0 Å². The van der Waals surface area contributed by atoms with Gasteiger partial charge in [-0.05, 0) is 135 Å². The number of likely N-dealkylation sites (tertiary alicyclic amines) is 2. The van der Waals surface area contributed by atoms with E-state index in [-0.39, 0.29) is 60.1 Å². The van der Waals surface area contributed by atoms with Gasteiger partial charge in [-0.3, -0.25) is 19.2 Å². The molecule has 6 fully saturated rings. The maximum Gasteiger partial charge on any atom is 0.307 e. The number of piperidine rings is 2. The summed E-state index contributed by atoms with van der Waals surface area (Å²) in [5, 5.41) is 21.3. The predicted molar refractivity (Wildman–Crippen MR) is 293 cm³/mol. The fourth-order valence-corrected chi connectivity index (χ4v) is 16.2. The predicted octanol–water partition coefficient (Wildman–Crippen LogP) is 10.7. The zero-order chi connectivity index (χ0) is 54.8. The molecule has 4 unspecified atom stereocenters. The Morgan fingerprint density at radius 3 is 1.17 bits per heavy atom. The van der Waals surface area contributed by atoms with Gasteiger partial charge in [0.1, 0.15) is 0 Å². The van der Waals surface area contributed by atoms with Crippen LogP contribution in [0.15, 0.2) is 97.1 Å². The summed E-state index contributed by atoms with van der Waals surface area (Å²) in [6.07, 6.45) is 4.93. The van der Waals surface area contributed by atoms with E-state index in [4.69, 9.17) is 46.4 Å². The van der Waals surface area contributed by atoms with Crippen LogP contribution in [-0.4, -0.2) is 119 Å². The summed E-state index contributed by atoms with van der Waals surface area (Å²) >= 11 is 25.2. The molecule has 20 heteroatoms. The number of benzene rings is 4. The van der Waals surface area contributed by atoms with Crippen LogP contribution in [0.4, 0.5) is 0 Å². The maximum atomic E-state index is 14.3. The van der Waals surface area contributed by atoms with Crippen LogP contribution in [-0.2, 0) is 39.2 Å². The van der Waals surface area contributed by atoms with Crippen molar-refractivity contribution in [2.45, 2.75) is 125 Å². The second-order valence-corrected chi connectivity index (χ2v) is 28.2. The maximum absolute atomic E-state index is 14.3. The van der Waals surface area contributed by atoms with Crippen molar-refractivity contribution in [3.63, 3.8) is 0 Å². The van der Waals surface area contributed by atoms with E-state index in [1.165, 1.54) is 8.61 Å². The summed E-state index contributed by atoms with van der Waals surface area (Å²) in [6, 6.07) is 27.9. The number of hydrogen-bond acceptors (Lipinski definition) is 8. The van der Waals surface area contributed by atoms with Crippen LogP contribution in [0.5, 0.6) is 0 Å². The smallest absolute Gasteiger partial charge is 0.307 e. The van der Waals surface area contributed by atoms with Crippen molar-refractivity contribution in [2.75, 3.05) is 27.2 Å². The van der Waals surface area contributed by atoms with Crippen LogP contribution in [0.3, 0.4) is 0 Å². The molecule has 2 heterocycles. The number of carboxylic acids is 2. The van der Waals surface area contributed by atoms with Crippen LogP contribution in [0.25, 0.3) is 0 Å². The van der Waals surface area contributed by atoms with Crippen LogP contribution < -0.4 is 0 Å². The molecule has 14 nitrogen and oxygen atoms in total. The minimum Gasteiger partial charge on any atom is -0.481 e. The second-order valence-electron chi connectivity index (χ2n) is 21.8. The molecular formula is C56H64Cl4N4O10S2. The average Bonchev–Trinajstić information content (AvgIpc) is 4.22. The number of sulfonamides is 2. The lowest BCUT2D eigenvalue weighted by atomic mass is 9.72. The summed E-state index contributed by atoms with van der Waals surface area (Å²) in [4.78, 5) is 56.5. The molecule has 2 amide bonds. The molecule has 408 valence electrons. The van der Waals surface area contributed by atoms with E-state index < -0.39 is 78.8 Å². The lowest BCUT2D eigenvalue weighted by Gasteiger charge is -2.49. The molecule has 2 saturated heterocycles.